The minimum atomic E-state index is -0.212. The fraction of sp³-hybridized carbons (Fsp3) is 0.400. The van der Waals surface area contributed by atoms with E-state index in [0.717, 1.165) is 30.5 Å². The molecular weight excluding hydrogens is 314 g/mol. The van der Waals surface area contributed by atoms with E-state index < -0.39 is 0 Å². The van der Waals surface area contributed by atoms with Crippen LogP contribution in [0.1, 0.15) is 36.6 Å². The van der Waals surface area contributed by atoms with Gasteiger partial charge >= 0.3 is 6.03 Å². The molecule has 132 valence electrons. The van der Waals surface area contributed by atoms with E-state index >= 15 is 0 Å². The van der Waals surface area contributed by atoms with Gasteiger partial charge in [-0.1, -0.05) is 36.4 Å². The summed E-state index contributed by atoms with van der Waals surface area (Å²) in [7, 11) is 0. The second-order valence-corrected chi connectivity index (χ2v) is 6.68. The van der Waals surface area contributed by atoms with Crippen LogP contribution in [0.4, 0.5) is 4.79 Å². The van der Waals surface area contributed by atoms with Crippen LogP contribution in [0.15, 0.2) is 54.7 Å². The predicted molar refractivity (Wildman–Crippen MR) is 97.0 cm³/mol. The summed E-state index contributed by atoms with van der Waals surface area (Å²) in [6.45, 7) is 0.605. The SMILES string of the molecule is O=C(NC[C@@H]1CC[C@H](O)C1)N[C@H](Cc1ccccn1)c1ccccc1. The number of aliphatic hydroxyl groups excluding tert-OH is 1. The average molecular weight is 339 g/mol. The van der Waals surface area contributed by atoms with Crippen LogP contribution in [-0.4, -0.2) is 28.8 Å². The molecule has 1 heterocycles. The highest BCUT2D eigenvalue weighted by atomic mass is 16.3. The average Bonchev–Trinajstić information content (AvgIpc) is 3.06. The molecule has 2 amide bonds. The standard InChI is InChI=1S/C20H25N3O2/c24-18-10-9-15(12-18)14-22-20(25)23-19(16-6-2-1-3-7-16)13-17-8-4-5-11-21-17/h1-8,11,15,18-19,24H,9-10,12-14H2,(H2,22,23,25)/t15-,18+,19-/m1/s1. The molecule has 0 aliphatic heterocycles. The largest absolute Gasteiger partial charge is 0.393 e. The highest BCUT2D eigenvalue weighted by Crippen LogP contribution is 2.24. The molecule has 1 saturated carbocycles. The molecule has 1 aromatic heterocycles. The van der Waals surface area contributed by atoms with E-state index in [1.165, 1.54) is 0 Å². The lowest BCUT2D eigenvalue weighted by atomic mass is 10.0. The lowest BCUT2D eigenvalue weighted by molar-refractivity contribution is 0.177. The summed E-state index contributed by atoms with van der Waals surface area (Å²) in [5, 5.41) is 15.6. The Bertz CT molecular complexity index is 663. The smallest absolute Gasteiger partial charge is 0.315 e. The highest BCUT2D eigenvalue weighted by molar-refractivity contribution is 5.74. The Balaban J connectivity index is 1.60. The van der Waals surface area contributed by atoms with Crippen molar-refractivity contribution in [1.82, 2.24) is 15.6 Å². The van der Waals surface area contributed by atoms with Gasteiger partial charge in [-0.25, -0.2) is 4.79 Å². The molecule has 1 aliphatic rings. The molecule has 0 spiro atoms. The minimum absolute atomic E-state index is 0.134. The number of aromatic nitrogens is 1. The molecule has 1 aromatic carbocycles. The molecule has 5 heteroatoms. The van der Waals surface area contributed by atoms with Gasteiger partial charge < -0.3 is 15.7 Å². The molecule has 0 unspecified atom stereocenters. The van der Waals surface area contributed by atoms with E-state index in [9.17, 15) is 9.90 Å². The molecule has 2 aromatic rings. The molecular formula is C20H25N3O2. The Labute approximate surface area is 148 Å². The number of pyridine rings is 1. The van der Waals surface area contributed by atoms with E-state index in [0.29, 0.717) is 18.9 Å². The number of benzene rings is 1. The van der Waals surface area contributed by atoms with Crippen molar-refractivity contribution in [3.05, 3.63) is 66.0 Å². The number of hydrogen-bond acceptors (Lipinski definition) is 3. The normalized spacial score (nSPS) is 20.8. The number of amides is 2. The van der Waals surface area contributed by atoms with E-state index in [-0.39, 0.29) is 18.2 Å². The van der Waals surface area contributed by atoms with Gasteiger partial charge in [-0.15, -0.1) is 0 Å². The van der Waals surface area contributed by atoms with E-state index in [2.05, 4.69) is 15.6 Å². The molecule has 25 heavy (non-hydrogen) atoms. The van der Waals surface area contributed by atoms with Crippen molar-refractivity contribution in [3.8, 4) is 0 Å². The number of rotatable bonds is 6. The first-order chi connectivity index (χ1) is 12.2. The molecule has 3 atom stereocenters. The van der Waals surface area contributed by atoms with Gasteiger partial charge in [0.25, 0.3) is 0 Å². The maximum atomic E-state index is 12.4. The zero-order valence-electron chi connectivity index (χ0n) is 14.3. The highest BCUT2D eigenvalue weighted by Gasteiger charge is 2.23. The maximum Gasteiger partial charge on any atom is 0.315 e. The van der Waals surface area contributed by atoms with Gasteiger partial charge in [-0.3, -0.25) is 4.98 Å². The molecule has 5 nitrogen and oxygen atoms in total. The minimum Gasteiger partial charge on any atom is -0.393 e. The summed E-state index contributed by atoms with van der Waals surface area (Å²) in [6, 6.07) is 15.4. The summed E-state index contributed by atoms with van der Waals surface area (Å²) < 4.78 is 0. The van der Waals surface area contributed by atoms with Gasteiger partial charge in [0, 0.05) is 24.9 Å². The second-order valence-electron chi connectivity index (χ2n) is 6.68. The Morgan fingerprint density at radius 1 is 1.16 bits per heavy atom. The van der Waals surface area contributed by atoms with Crippen molar-refractivity contribution in [1.29, 1.82) is 0 Å². The fourth-order valence-electron chi connectivity index (χ4n) is 3.35. The molecule has 0 radical (unpaired) electrons. The van der Waals surface area contributed by atoms with Gasteiger partial charge in [0.1, 0.15) is 0 Å². The third-order valence-corrected chi connectivity index (χ3v) is 4.71. The summed E-state index contributed by atoms with van der Waals surface area (Å²) in [5.41, 5.74) is 2.00. The first kappa shape index (κ1) is 17.4. The number of carbonyl (C=O) groups excluding carboxylic acids is 1. The van der Waals surface area contributed by atoms with Crippen LogP contribution < -0.4 is 10.6 Å². The Hall–Kier alpha value is -2.40. The number of urea groups is 1. The maximum absolute atomic E-state index is 12.4. The third-order valence-electron chi connectivity index (χ3n) is 4.71. The summed E-state index contributed by atoms with van der Waals surface area (Å²) in [4.78, 5) is 16.7. The van der Waals surface area contributed by atoms with Crippen LogP contribution >= 0.6 is 0 Å². The second kappa shape index (κ2) is 8.62. The zero-order valence-corrected chi connectivity index (χ0v) is 14.3. The van der Waals surface area contributed by atoms with Crippen molar-refractivity contribution in [2.45, 2.75) is 37.8 Å². The Morgan fingerprint density at radius 3 is 2.64 bits per heavy atom. The molecule has 0 bridgehead atoms. The van der Waals surface area contributed by atoms with Crippen molar-refractivity contribution in [2.75, 3.05) is 6.54 Å². The van der Waals surface area contributed by atoms with Gasteiger partial charge in [-0.05, 0) is 42.9 Å². The number of hydrogen-bond donors (Lipinski definition) is 3. The van der Waals surface area contributed by atoms with E-state index in [4.69, 9.17) is 0 Å². The molecule has 1 fully saturated rings. The van der Waals surface area contributed by atoms with Crippen LogP contribution in [0.2, 0.25) is 0 Å². The van der Waals surface area contributed by atoms with Crippen molar-refractivity contribution >= 4 is 6.03 Å². The predicted octanol–water partition coefficient (Wildman–Crippen LogP) is 2.83. The molecule has 0 saturated heterocycles. The fourth-order valence-corrected chi connectivity index (χ4v) is 3.35. The van der Waals surface area contributed by atoms with Crippen LogP contribution in [0, 0.1) is 5.92 Å². The summed E-state index contributed by atoms with van der Waals surface area (Å²) in [6.07, 6.45) is 4.77. The van der Waals surface area contributed by atoms with Crippen molar-refractivity contribution < 1.29 is 9.90 Å². The lowest BCUT2D eigenvalue weighted by Crippen LogP contribution is -2.40. The van der Waals surface area contributed by atoms with Crippen LogP contribution in [0.5, 0.6) is 0 Å². The van der Waals surface area contributed by atoms with Crippen LogP contribution in [-0.2, 0) is 6.42 Å². The van der Waals surface area contributed by atoms with Gasteiger partial charge in [-0.2, -0.15) is 0 Å². The number of nitrogens with one attached hydrogen (secondary N) is 2. The number of carbonyl (C=O) groups is 1. The van der Waals surface area contributed by atoms with Gasteiger partial charge in [0.2, 0.25) is 0 Å². The quantitative estimate of drug-likeness (QED) is 0.757. The first-order valence-electron chi connectivity index (χ1n) is 8.88. The summed E-state index contributed by atoms with van der Waals surface area (Å²) in [5.74, 6) is 0.367. The van der Waals surface area contributed by atoms with Gasteiger partial charge in [0.15, 0.2) is 0 Å². The Morgan fingerprint density at radius 2 is 1.96 bits per heavy atom. The monoisotopic (exact) mass is 339 g/mol. The summed E-state index contributed by atoms with van der Waals surface area (Å²) >= 11 is 0. The molecule has 3 N–H and O–H groups in total. The van der Waals surface area contributed by atoms with Gasteiger partial charge in [0.05, 0.1) is 12.1 Å². The van der Waals surface area contributed by atoms with E-state index in [1.807, 2.05) is 48.5 Å². The van der Waals surface area contributed by atoms with Crippen LogP contribution in [0.25, 0.3) is 0 Å². The first-order valence-corrected chi connectivity index (χ1v) is 8.88. The number of nitrogens with zero attached hydrogens (tertiary/aromatic N) is 1. The topological polar surface area (TPSA) is 74.2 Å². The van der Waals surface area contributed by atoms with Crippen molar-refractivity contribution in [3.63, 3.8) is 0 Å². The molecule has 3 rings (SSSR count). The zero-order chi connectivity index (χ0) is 17.5. The molecule has 1 aliphatic carbocycles. The van der Waals surface area contributed by atoms with Crippen LogP contribution in [0.3, 0.4) is 0 Å². The Kier molecular flexibility index (Phi) is 6.01. The lowest BCUT2D eigenvalue weighted by Gasteiger charge is -2.20. The third kappa shape index (κ3) is 5.29. The number of aliphatic hydroxyl groups is 1. The van der Waals surface area contributed by atoms with Crippen molar-refractivity contribution in [2.24, 2.45) is 5.92 Å². The van der Waals surface area contributed by atoms with E-state index in [1.54, 1.807) is 6.20 Å².